The first kappa shape index (κ1) is 14.7. The molecule has 0 aromatic heterocycles. The lowest BCUT2D eigenvalue weighted by Gasteiger charge is -2.30. The van der Waals surface area contributed by atoms with Crippen molar-refractivity contribution in [2.24, 2.45) is 0 Å². The van der Waals surface area contributed by atoms with Crippen molar-refractivity contribution in [3.05, 3.63) is 29.3 Å². The summed E-state index contributed by atoms with van der Waals surface area (Å²) >= 11 is 0. The van der Waals surface area contributed by atoms with Crippen molar-refractivity contribution in [1.82, 2.24) is 4.90 Å². The maximum Gasteiger partial charge on any atom is 0.337 e. The van der Waals surface area contributed by atoms with Crippen molar-refractivity contribution in [3.63, 3.8) is 0 Å². The molecule has 0 spiro atoms. The Bertz CT molecular complexity index is 637. The second-order valence-corrected chi connectivity index (χ2v) is 5.16. The predicted octanol–water partition coefficient (Wildman–Crippen LogP) is 0.292. The van der Waals surface area contributed by atoms with Crippen LogP contribution in [0.25, 0.3) is 0 Å². The zero-order valence-electron chi connectivity index (χ0n) is 12.2. The number of carbonyl (C=O) groups excluding carboxylic acids is 3. The highest BCUT2D eigenvalue weighted by atomic mass is 16.5. The van der Waals surface area contributed by atoms with E-state index in [4.69, 9.17) is 4.74 Å². The number of hydrogen-bond acceptors (Lipinski definition) is 6. The van der Waals surface area contributed by atoms with Gasteiger partial charge in [-0.25, -0.2) is 4.79 Å². The Hall–Kier alpha value is -2.25. The molecule has 0 bridgehead atoms. The van der Waals surface area contributed by atoms with E-state index in [1.54, 1.807) is 12.1 Å². The Morgan fingerprint density at radius 2 is 2.00 bits per heavy atom. The van der Waals surface area contributed by atoms with Crippen LogP contribution in [0.5, 0.6) is 0 Å². The van der Waals surface area contributed by atoms with E-state index in [0.717, 1.165) is 0 Å². The molecule has 0 aliphatic carbocycles. The zero-order valence-corrected chi connectivity index (χ0v) is 12.2. The van der Waals surface area contributed by atoms with Gasteiger partial charge in [0.2, 0.25) is 0 Å². The van der Waals surface area contributed by atoms with Crippen LogP contribution in [0.15, 0.2) is 18.2 Å². The first-order valence-electron chi connectivity index (χ1n) is 7.00. The topological polar surface area (TPSA) is 76.2 Å². The number of anilines is 1. The molecule has 2 aliphatic heterocycles. The summed E-state index contributed by atoms with van der Waals surface area (Å²) in [6.07, 6.45) is 0. The third-order valence-electron chi connectivity index (χ3n) is 3.84. The Morgan fingerprint density at radius 3 is 2.68 bits per heavy atom. The van der Waals surface area contributed by atoms with Crippen LogP contribution in [0.4, 0.5) is 5.69 Å². The molecule has 0 radical (unpaired) electrons. The van der Waals surface area contributed by atoms with E-state index < -0.39 is 17.7 Å². The number of fused-ring (bicyclic) bond motifs is 1. The SMILES string of the molecule is COC(=O)c1ccc2c(c1)C(=O)C(=O)N2CN1CCOCC1. The zero-order chi connectivity index (χ0) is 15.7. The standard InChI is InChI=1S/C15H16N2O5/c1-21-15(20)10-2-3-12-11(8-10)13(18)14(19)17(12)9-16-4-6-22-7-5-16/h2-3,8H,4-7,9H2,1H3. The minimum absolute atomic E-state index is 0.251. The summed E-state index contributed by atoms with van der Waals surface area (Å²) in [5, 5.41) is 0. The maximum atomic E-state index is 12.2. The average Bonchev–Trinajstić information content (AvgIpc) is 2.80. The monoisotopic (exact) mass is 304 g/mol. The minimum Gasteiger partial charge on any atom is -0.465 e. The molecule has 0 unspecified atom stereocenters. The summed E-state index contributed by atoms with van der Waals surface area (Å²) in [4.78, 5) is 39.4. The predicted molar refractivity (Wildman–Crippen MR) is 76.9 cm³/mol. The first-order valence-corrected chi connectivity index (χ1v) is 7.00. The molecule has 22 heavy (non-hydrogen) atoms. The average molecular weight is 304 g/mol. The molecule has 1 aromatic carbocycles. The van der Waals surface area contributed by atoms with E-state index in [2.05, 4.69) is 9.64 Å². The van der Waals surface area contributed by atoms with Crippen molar-refractivity contribution in [1.29, 1.82) is 0 Å². The third kappa shape index (κ3) is 2.49. The van der Waals surface area contributed by atoms with Crippen molar-refractivity contribution in [2.75, 3.05) is 45.0 Å². The number of methoxy groups -OCH3 is 1. The van der Waals surface area contributed by atoms with E-state index in [1.165, 1.54) is 18.1 Å². The Kier molecular flexibility index (Phi) is 3.91. The van der Waals surface area contributed by atoms with E-state index in [9.17, 15) is 14.4 Å². The van der Waals surface area contributed by atoms with Crippen LogP contribution in [0.3, 0.4) is 0 Å². The van der Waals surface area contributed by atoms with Crippen LogP contribution in [-0.2, 0) is 14.3 Å². The van der Waals surface area contributed by atoms with Gasteiger partial charge in [-0.15, -0.1) is 0 Å². The lowest BCUT2D eigenvalue weighted by atomic mass is 10.1. The van der Waals surface area contributed by atoms with Gasteiger partial charge in [-0.2, -0.15) is 0 Å². The van der Waals surface area contributed by atoms with Crippen LogP contribution in [0, 0.1) is 0 Å². The molecule has 2 aliphatic rings. The van der Waals surface area contributed by atoms with Crippen LogP contribution in [0.2, 0.25) is 0 Å². The Morgan fingerprint density at radius 1 is 1.27 bits per heavy atom. The van der Waals surface area contributed by atoms with Crippen molar-refractivity contribution in [3.8, 4) is 0 Å². The number of carbonyl (C=O) groups is 3. The molecule has 1 saturated heterocycles. The van der Waals surface area contributed by atoms with Gasteiger partial charge in [-0.05, 0) is 18.2 Å². The van der Waals surface area contributed by atoms with Crippen molar-refractivity contribution >= 4 is 23.3 Å². The van der Waals surface area contributed by atoms with Gasteiger partial charge in [0, 0.05) is 13.1 Å². The molecule has 1 amide bonds. The molecule has 0 atom stereocenters. The number of rotatable bonds is 3. The van der Waals surface area contributed by atoms with Crippen LogP contribution in [-0.4, -0.2) is 62.6 Å². The summed E-state index contributed by atoms with van der Waals surface area (Å²) in [5.74, 6) is -1.69. The smallest absolute Gasteiger partial charge is 0.337 e. The quantitative estimate of drug-likeness (QED) is 0.590. The highest BCUT2D eigenvalue weighted by Crippen LogP contribution is 2.30. The number of ether oxygens (including phenoxy) is 2. The second kappa shape index (κ2) is 5.86. The number of Topliss-reactive ketones (excluding diaryl/α,β-unsaturated/α-hetero) is 1. The molecule has 2 heterocycles. The van der Waals surface area contributed by atoms with Crippen molar-refractivity contribution < 1.29 is 23.9 Å². The van der Waals surface area contributed by atoms with E-state index >= 15 is 0 Å². The normalized spacial score (nSPS) is 18.5. The molecular weight excluding hydrogens is 288 g/mol. The van der Waals surface area contributed by atoms with Crippen LogP contribution in [0.1, 0.15) is 20.7 Å². The molecule has 7 nitrogen and oxygen atoms in total. The number of nitrogens with zero attached hydrogens (tertiary/aromatic N) is 2. The maximum absolute atomic E-state index is 12.2. The number of benzene rings is 1. The largest absolute Gasteiger partial charge is 0.465 e. The van der Waals surface area contributed by atoms with Gasteiger partial charge in [0.1, 0.15) is 0 Å². The van der Waals surface area contributed by atoms with Crippen LogP contribution < -0.4 is 4.90 Å². The molecule has 3 rings (SSSR count). The number of ketones is 1. The summed E-state index contributed by atoms with van der Waals surface area (Å²) in [5.41, 5.74) is 1.05. The molecule has 0 saturated carbocycles. The summed E-state index contributed by atoms with van der Waals surface area (Å²) < 4.78 is 9.91. The van der Waals surface area contributed by atoms with Gasteiger partial charge in [0.15, 0.2) is 0 Å². The second-order valence-electron chi connectivity index (χ2n) is 5.16. The van der Waals surface area contributed by atoms with Gasteiger partial charge in [0.05, 0.1) is 43.8 Å². The summed E-state index contributed by atoms with van der Waals surface area (Å²) in [7, 11) is 1.27. The first-order chi connectivity index (χ1) is 10.6. The van der Waals surface area contributed by atoms with E-state index in [-0.39, 0.29) is 11.1 Å². The highest BCUT2D eigenvalue weighted by Gasteiger charge is 2.37. The van der Waals surface area contributed by atoms with Gasteiger partial charge < -0.3 is 9.47 Å². The van der Waals surface area contributed by atoms with Gasteiger partial charge >= 0.3 is 11.9 Å². The molecule has 0 N–H and O–H groups in total. The van der Waals surface area contributed by atoms with Gasteiger partial charge in [0.25, 0.3) is 5.78 Å². The highest BCUT2D eigenvalue weighted by molar-refractivity contribution is 6.52. The summed E-state index contributed by atoms with van der Waals surface area (Å²) in [6.45, 7) is 3.01. The third-order valence-corrected chi connectivity index (χ3v) is 3.84. The number of hydrogen-bond donors (Lipinski definition) is 0. The van der Waals surface area contributed by atoms with Crippen LogP contribution >= 0.6 is 0 Å². The van der Waals surface area contributed by atoms with E-state index in [1.807, 2.05) is 0 Å². The van der Waals surface area contributed by atoms with E-state index in [0.29, 0.717) is 38.7 Å². The Balaban J connectivity index is 1.87. The number of esters is 1. The molecule has 7 heteroatoms. The van der Waals surface area contributed by atoms with Crippen molar-refractivity contribution in [2.45, 2.75) is 0 Å². The Labute approximate surface area is 127 Å². The van der Waals surface area contributed by atoms with Gasteiger partial charge in [-0.1, -0.05) is 0 Å². The molecule has 1 aromatic rings. The fraction of sp³-hybridized carbons (Fsp3) is 0.400. The lowest BCUT2D eigenvalue weighted by Crippen LogP contribution is -2.45. The lowest BCUT2D eigenvalue weighted by molar-refractivity contribution is -0.114. The number of amides is 1. The summed E-state index contributed by atoms with van der Waals surface area (Å²) in [6, 6.07) is 4.59. The fourth-order valence-corrected chi connectivity index (χ4v) is 2.63. The molecular formula is C15H16N2O5. The fourth-order valence-electron chi connectivity index (χ4n) is 2.63. The number of morpholine rings is 1. The minimum atomic E-state index is -0.589. The van der Waals surface area contributed by atoms with Gasteiger partial charge in [-0.3, -0.25) is 19.4 Å². The molecule has 116 valence electrons. The molecule has 1 fully saturated rings.